The summed E-state index contributed by atoms with van der Waals surface area (Å²) in [5.74, 6) is -0.320. The van der Waals surface area contributed by atoms with Gasteiger partial charge in [-0.1, -0.05) is 35.3 Å². The van der Waals surface area contributed by atoms with Crippen molar-refractivity contribution < 1.29 is 9.59 Å². The van der Waals surface area contributed by atoms with Gasteiger partial charge in [0.25, 0.3) is 11.8 Å². The van der Waals surface area contributed by atoms with Crippen LogP contribution in [0.1, 0.15) is 31.8 Å². The summed E-state index contributed by atoms with van der Waals surface area (Å²) in [4.78, 5) is 26.6. The fraction of sp³-hybridized carbons (Fsp3) is 0.130. The zero-order valence-electron chi connectivity index (χ0n) is 16.1. The fourth-order valence-electron chi connectivity index (χ4n) is 2.91. The number of hydrogen-bond acceptors (Lipinski definition) is 2. The number of carbonyl (C=O) groups is 2. The third kappa shape index (κ3) is 5.17. The topological polar surface area (TPSA) is 49.4 Å². The number of amides is 2. The molecule has 0 radical (unpaired) electrons. The number of benzene rings is 3. The highest BCUT2D eigenvalue weighted by Gasteiger charge is 2.15. The number of carbonyl (C=O) groups excluding carboxylic acids is 2. The molecule has 0 bridgehead atoms. The maximum absolute atomic E-state index is 12.8. The molecular formula is C23H20Cl2N2O2. The van der Waals surface area contributed by atoms with Crippen LogP contribution in [0.5, 0.6) is 0 Å². The van der Waals surface area contributed by atoms with Gasteiger partial charge in [-0.15, -0.1) is 0 Å². The molecule has 148 valence electrons. The Kier molecular flexibility index (Phi) is 6.57. The number of nitrogens with zero attached hydrogens (tertiary/aromatic N) is 1. The van der Waals surface area contributed by atoms with Crippen molar-refractivity contribution in [2.45, 2.75) is 13.5 Å². The lowest BCUT2D eigenvalue weighted by atomic mass is 10.0. The van der Waals surface area contributed by atoms with E-state index in [2.05, 4.69) is 5.32 Å². The lowest BCUT2D eigenvalue weighted by molar-refractivity contribution is 0.0949. The highest BCUT2D eigenvalue weighted by molar-refractivity contribution is 6.31. The zero-order chi connectivity index (χ0) is 21.0. The Labute approximate surface area is 180 Å². The maximum Gasteiger partial charge on any atom is 0.258 e. The van der Waals surface area contributed by atoms with E-state index in [1.165, 1.54) is 0 Å². The molecule has 3 aromatic carbocycles. The summed E-state index contributed by atoms with van der Waals surface area (Å²) in [6.45, 7) is 2.28. The van der Waals surface area contributed by atoms with E-state index in [9.17, 15) is 9.59 Å². The molecule has 0 spiro atoms. The minimum atomic E-state index is -0.200. The van der Waals surface area contributed by atoms with Gasteiger partial charge in [0, 0.05) is 40.5 Å². The summed E-state index contributed by atoms with van der Waals surface area (Å²) >= 11 is 11.8. The molecule has 0 fully saturated rings. The van der Waals surface area contributed by atoms with Crippen LogP contribution in [0.3, 0.4) is 0 Å². The minimum absolute atomic E-state index is 0.120. The SMILES string of the molecule is Cc1cc(C(=O)N(C)c2ccc(Cl)cc2)ccc1CNC(=O)c1cccc(Cl)c1. The molecule has 29 heavy (non-hydrogen) atoms. The van der Waals surface area contributed by atoms with Crippen LogP contribution in [-0.2, 0) is 6.54 Å². The highest BCUT2D eigenvalue weighted by Crippen LogP contribution is 2.20. The predicted octanol–water partition coefficient (Wildman–Crippen LogP) is 5.51. The average Bonchev–Trinajstić information content (AvgIpc) is 2.72. The van der Waals surface area contributed by atoms with E-state index in [1.54, 1.807) is 66.5 Å². The predicted molar refractivity (Wildman–Crippen MR) is 118 cm³/mol. The molecule has 3 aromatic rings. The lowest BCUT2D eigenvalue weighted by Crippen LogP contribution is -2.26. The molecule has 0 aliphatic rings. The standard InChI is InChI=1S/C23H20Cl2N2O2/c1-15-12-17(23(29)27(2)21-10-8-19(24)9-11-21)6-7-18(15)14-26-22(28)16-4-3-5-20(25)13-16/h3-13H,14H2,1-2H3,(H,26,28). The van der Waals surface area contributed by atoms with Gasteiger partial charge in [0.2, 0.25) is 0 Å². The van der Waals surface area contributed by atoms with Gasteiger partial charge in [-0.2, -0.15) is 0 Å². The summed E-state index contributed by atoms with van der Waals surface area (Å²) in [5, 5.41) is 4.02. The number of anilines is 1. The number of nitrogens with one attached hydrogen (secondary N) is 1. The second-order valence-electron chi connectivity index (χ2n) is 6.67. The van der Waals surface area contributed by atoms with Crippen molar-refractivity contribution in [1.82, 2.24) is 5.32 Å². The van der Waals surface area contributed by atoms with Crippen LogP contribution in [0.4, 0.5) is 5.69 Å². The third-order valence-electron chi connectivity index (χ3n) is 4.63. The average molecular weight is 427 g/mol. The second-order valence-corrected chi connectivity index (χ2v) is 7.55. The smallest absolute Gasteiger partial charge is 0.258 e. The van der Waals surface area contributed by atoms with Crippen molar-refractivity contribution in [2.24, 2.45) is 0 Å². The summed E-state index contributed by atoms with van der Waals surface area (Å²) < 4.78 is 0. The third-order valence-corrected chi connectivity index (χ3v) is 5.12. The van der Waals surface area contributed by atoms with Crippen LogP contribution < -0.4 is 10.2 Å². The molecule has 0 saturated heterocycles. The fourth-order valence-corrected chi connectivity index (χ4v) is 3.23. The Morgan fingerprint density at radius 3 is 2.28 bits per heavy atom. The van der Waals surface area contributed by atoms with Crippen LogP contribution in [-0.4, -0.2) is 18.9 Å². The van der Waals surface area contributed by atoms with Crippen molar-refractivity contribution >= 4 is 40.7 Å². The first-order valence-electron chi connectivity index (χ1n) is 9.02. The first-order valence-corrected chi connectivity index (χ1v) is 9.77. The molecule has 1 N–H and O–H groups in total. The van der Waals surface area contributed by atoms with E-state index in [0.29, 0.717) is 27.7 Å². The lowest BCUT2D eigenvalue weighted by Gasteiger charge is -2.18. The van der Waals surface area contributed by atoms with Gasteiger partial charge in [-0.3, -0.25) is 9.59 Å². The molecule has 2 amide bonds. The summed E-state index contributed by atoms with van der Waals surface area (Å²) in [6, 6.07) is 19.3. The number of aryl methyl sites for hydroxylation is 1. The van der Waals surface area contributed by atoms with Crippen molar-refractivity contribution in [3.8, 4) is 0 Å². The summed E-state index contributed by atoms with van der Waals surface area (Å²) in [6.07, 6.45) is 0. The molecule has 0 aliphatic heterocycles. The first-order chi connectivity index (χ1) is 13.8. The van der Waals surface area contributed by atoms with Crippen molar-refractivity contribution in [2.75, 3.05) is 11.9 Å². The van der Waals surface area contributed by atoms with Crippen LogP contribution in [0.25, 0.3) is 0 Å². The summed E-state index contributed by atoms with van der Waals surface area (Å²) in [7, 11) is 1.72. The van der Waals surface area contributed by atoms with Gasteiger partial charge in [0.05, 0.1) is 0 Å². The van der Waals surface area contributed by atoms with Crippen molar-refractivity contribution in [1.29, 1.82) is 0 Å². The van der Waals surface area contributed by atoms with Gasteiger partial charge < -0.3 is 10.2 Å². The largest absolute Gasteiger partial charge is 0.348 e. The van der Waals surface area contributed by atoms with Crippen molar-refractivity contribution in [3.63, 3.8) is 0 Å². The van der Waals surface area contributed by atoms with E-state index >= 15 is 0 Å². The van der Waals surface area contributed by atoms with E-state index in [1.807, 2.05) is 19.1 Å². The molecule has 4 nitrogen and oxygen atoms in total. The Morgan fingerprint density at radius 2 is 1.62 bits per heavy atom. The van der Waals surface area contributed by atoms with E-state index < -0.39 is 0 Å². The number of hydrogen-bond donors (Lipinski definition) is 1. The molecule has 0 saturated carbocycles. The zero-order valence-corrected chi connectivity index (χ0v) is 17.6. The molecule has 6 heteroatoms. The molecular weight excluding hydrogens is 407 g/mol. The summed E-state index contributed by atoms with van der Waals surface area (Å²) in [5.41, 5.74) is 3.70. The van der Waals surface area contributed by atoms with E-state index in [4.69, 9.17) is 23.2 Å². The van der Waals surface area contributed by atoms with Crippen molar-refractivity contribution in [3.05, 3.63) is 99.0 Å². The monoisotopic (exact) mass is 426 g/mol. The Bertz CT molecular complexity index is 1050. The van der Waals surface area contributed by atoms with Gasteiger partial charge in [0.15, 0.2) is 0 Å². The van der Waals surface area contributed by atoms with Crippen LogP contribution >= 0.6 is 23.2 Å². The van der Waals surface area contributed by atoms with Crippen LogP contribution in [0.15, 0.2) is 66.7 Å². The number of halogens is 2. The van der Waals surface area contributed by atoms with Gasteiger partial charge in [0.1, 0.15) is 0 Å². The van der Waals surface area contributed by atoms with E-state index in [-0.39, 0.29) is 11.8 Å². The molecule has 0 aromatic heterocycles. The molecule has 0 heterocycles. The molecule has 3 rings (SSSR count). The van der Waals surface area contributed by atoms with Gasteiger partial charge in [-0.25, -0.2) is 0 Å². The van der Waals surface area contributed by atoms with Crippen LogP contribution in [0, 0.1) is 6.92 Å². The highest BCUT2D eigenvalue weighted by atomic mass is 35.5. The van der Waals surface area contributed by atoms with E-state index in [0.717, 1.165) is 16.8 Å². The van der Waals surface area contributed by atoms with Gasteiger partial charge in [-0.05, 0) is 72.6 Å². The second kappa shape index (κ2) is 9.12. The maximum atomic E-state index is 12.8. The first kappa shape index (κ1) is 20.9. The molecule has 0 aliphatic carbocycles. The Hall–Kier alpha value is -2.82. The molecule has 0 unspecified atom stereocenters. The number of rotatable bonds is 5. The molecule has 0 atom stereocenters. The minimum Gasteiger partial charge on any atom is -0.348 e. The Balaban J connectivity index is 1.68. The normalized spacial score (nSPS) is 10.5. The quantitative estimate of drug-likeness (QED) is 0.584. The van der Waals surface area contributed by atoms with Crippen LogP contribution in [0.2, 0.25) is 10.0 Å². The Morgan fingerprint density at radius 1 is 0.897 bits per heavy atom. The van der Waals surface area contributed by atoms with Gasteiger partial charge >= 0.3 is 0 Å².